The minimum atomic E-state index is -0.667. The third-order valence-corrected chi connectivity index (χ3v) is 3.67. The van der Waals surface area contributed by atoms with Gasteiger partial charge in [0.05, 0.1) is 11.5 Å². The van der Waals surface area contributed by atoms with E-state index in [-0.39, 0.29) is 18.6 Å². The number of carbonyl (C=O) groups excluding carboxylic acids is 1. The summed E-state index contributed by atoms with van der Waals surface area (Å²) < 4.78 is 9.88. The van der Waals surface area contributed by atoms with E-state index in [1.807, 2.05) is 44.2 Å². The van der Waals surface area contributed by atoms with E-state index in [1.54, 1.807) is 0 Å². The lowest BCUT2D eigenvalue weighted by Crippen LogP contribution is -2.35. The van der Waals surface area contributed by atoms with Gasteiger partial charge < -0.3 is 9.47 Å². The van der Waals surface area contributed by atoms with E-state index in [0.717, 1.165) is 5.56 Å². The fraction of sp³-hybridized carbons (Fsp3) is 0.467. The van der Waals surface area contributed by atoms with Crippen molar-refractivity contribution in [3.63, 3.8) is 0 Å². The maximum Gasteiger partial charge on any atom is 0.508 e. The molecule has 100 valence electrons. The van der Waals surface area contributed by atoms with Gasteiger partial charge in [0.2, 0.25) is 0 Å². The molecule has 1 aliphatic heterocycles. The molecule has 0 aromatic heterocycles. The predicted molar refractivity (Wildman–Crippen MR) is 69.4 cm³/mol. The summed E-state index contributed by atoms with van der Waals surface area (Å²) >= 11 is 0. The van der Waals surface area contributed by atoms with Crippen LogP contribution in [0.4, 0.5) is 4.79 Å². The fourth-order valence-electron chi connectivity index (χ4n) is 2.49. The van der Waals surface area contributed by atoms with Gasteiger partial charge in [-0.2, -0.15) is 5.26 Å². The van der Waals surface area contributed by atoms with Gasteiger partial charge in [-0.1, -0.05) is 44.2 Å². The first-order valence-corrected chi connectivity index (χ1v) is 6.38. The average molecular weight is 259 g/mol. The van der Waals surface area contributed by atoms with Gasteiger partial charge in [-0.15, -0.1) is 0 Å². The molecular weight excluding hydrogens is 242 g/mol. The Kier molecular flexibility index (Phi) is 3.75. The van der Waals surface area contributed by atoms with E-state index in [9.17, 15) is 10.1 Å². The Labute approximate surface area is 112 Å². The number of hydrogen-bond acceptors (Lipinski definition) is 4. The van der Waals surface area contributed by atoms with Crippen LogP contribution in [0.15, 0.2) is 30.3 Å². The van der Waals surface area contributed by atoms with Crippen molar-refractivity contribution in [3.8, 4) is 6.07 Å². The second-order valence-electron chi connectivity index (χ2n) is 5.11. The van der Waals surface area contributed by atoms with Crippen molar-refractivity contribution in [3.05, 3.63) is 35.9 Å². The molecule has 0 aliphatic carbocycles. The summed E-state index contributed by atoms with van der Waals surface area (Å²) in [5.41, 5.74) is 0.287. The highest BCUT2D eigenvalue weighted by Gasteiger charge is 2.41. The van der Waals surface area contributed by atoms with Crippen molar-refractivity contribution in [2.24, 2.45) is 5.92 Å². The first-order valence-electron chi connectivity index (χ1n) is 6.38. The lowest BCUT2D eigenvalue weighted by atomic mass is 9.69. The summed E-state index contributed by atoms with van der Waals surface area (Å²) in [5, 5.41) is 9.70. The van der Waals surface area contributed by atoms with E-state index < -0.39 is 11.6 Å². The maximum atomic E-state index is 11.0. The molecule has 1 saturated heterocycles. The van der Waals surface area contributed by atoms with E-state index in [0.29, 0.717) is 6.42 Å². The Morgan fingerprint density at radius 1 is 1.42 bits per heavy atom. The molecule has 2 rings (SSSR count). The third-order valence-electron chi connectivity index (χ3n) is 3.67. The molecule has 1 heterocycles. The van der Waals surface area contributed by atoms with Crippen LogP contribution in [0.25, 0.3) is 0 Å². The number of nitriles is 1. The normalized spacial score (nSPS) is 21.4. The molecule has 19 heavy (non-hydrogen) atoms. The van der Waals surface area contributed by atoms with Crippen molar-refractivity contribution < 1.29 is 14.3 Å². The molecule has 0 bridgehead atoms. The number of carbonyl (C=O) groups is 1. The second-order valence-corrected chi connectivity index (χ2v) is 5.11. The maximum absolute atomic E-state index is 11.0. The first kappa shape index (κ1) is 13.4. The molecule has 0 saturated carbocycles. The van der Waals surface area contributed by atoms with Gasteiger partial charge in [-0.25, -0.2) is 4.79 Å². The topological polar surface area (TPSA) is 59.3 Å². The van der Waals surface area contributed by atoms with Crippen molar-refractivity contribution in [1.29, 1.82) is 5.26 Å². The zero-order valence-corrected chi connectivity index (χ0v) is 11.1. The molecular formula is C15H17NO3. The largest absolute Gasteiger partial charge is 0.508 e. The van der Waals surface area contributed by atoms with Crippen LogP contribution in [0.5, 0.6) is 0 Å². The lowest BCUT2D eigenvalue weighted by Gasteiger charge is -2.32. The van der Waals surface area contributed by atoms with Crippen LogP contribution in [0, 0.1) is 17.2 Å². The smallest absolute Gasteiger partial charge is 0.430 e. The zero-order chi connectivity index (χ0) is 13.9. The molecule has 0 radical (unpaired) electrons. The second kappa shape index (κ2) is 5.31. The number of hydrogen-bond donors (Lipinski definition) is 0. The lowest BCUT2D eigenvalue weighted by molar-refractivity contribution is 0.107. The van der Waals surface area contributed by atoms with Crippen molar-refractivity contribution in [1.82, 2.24) is 0 Å². The van der Waals surface area contributed by atoms with E-state index >= 15 is 0 Å². The Morgan fingerprint density at radius 2 is 2.11 bits per heavy atom. The number of benzene rings is 1. The molecule has 1 aromatic rings. The van der Waals surface area contributed by atoms with Gasteiger partial charge in [0.1, 0.15) is 12.7 Å². The van der Waals surface area contributed by atoms with Crippen LogP contribution in [0.1, 0.15) is 25.8 Å². The van der Waals surface area contributed by atoms with Gasteiger partial charge in [0.15, 0.2) is 0 Å². The van der Waals surface area contributed by atoms with Gasteiger partial charge >= 0.3 is 6.16 Å². The van der Waals surface area contributed by atoms with Crippen LogP contribution in [0.3, 0.4) is 0 Å². The van der Waals surface area contributed by atoms with Gasteiger partial charge in [-0.3, -0.25) is 0 Å². The highest BCUT2D eigenvalue weighted by atomic mass is 16.8. The molecule has 0 N–H and O–H groups in total. The minimum Gasteiger partial charge on any atom is -0.430 e. The number of cyclic esters (lactones) is 2. The Bertz CT molecular complexity index is 492. The molecule has 0 spiro atoms. The summed E-state index contributed by atoms with van der Waals surface area (Å²) in [6.45, 7) is 4.24. The first-order chi connectivity index (χ1) is 9.08. The van der Waals surface area contributed by atoms with E-state index in [1.165, 1.54) is 0 Å². The Morgan fingerprint density at radius 3 is 2.58 bits per heavy atom. The van der Waals surface area contributed by atoms with E-state index in [2.05, 4.69) is 6.07 Å². The molecule has 1 aliphatic rings. The summed E-state index contributed by atoms with van der Waals surface area (Å²) in [6.07, 6.45) is -0.542. The summed E-state index contributed by atoms with van der Waals surface area (Å²) in [6, 6.07) is 12.1. The summed E-state index contributed by atoms with van der Waals surface area (Å²) in [4.78, 5) is 11.0. The standard InChI is InChI=1S/C15H17NO3/c1-11(2)15(10-16,12-6-4-3-5-7-12)8-13-9-18-14(17)19-13/h3-7,11,13H,8-9H2,1-2H3/t13-,15-/m1/s1. The van der Waals surface area contributed by atoms with Crippen molar-refractivity contribution >= 4 is 6.16 Å². The average Bonchev–Trinajstić information content (AvgIpc) is 2.82. The molecule has 1 aromatic carbocycles. The number of ether oxygens (including phenoxy) is 2. The quantitative estimate of drug-likeness (QED) is 0.780. The third kappa shape index (κ3) is 2.55. The van der Waals surface area contributed by atoms with Gasteiger partial charge in [-0.05, 0) is 11.5 Å². The number of nitrogens with zero attached hydrogens (tertiary/aromatic N) is 1. The molecule has 1 fully saturated rings. The molecule has 4 heteroatoms. The van der Waals surface area contributed by atoms with Crippen LogP contribution in [0.2, 0.25) is 0 Å². The zero-order valence-electron chi connectivity index (χ0n) is 11.1. The fourth-order valence-corrected chi connectivity index (χ4v) is 2.49. The highest BCUT2D eigenvalue weighted by molar-refractivity contribution is 5.61. The molecule has 0 unspecified atom stereocenters. The van der Waals surface area contributed by atoms with Crippen molar-refractivity contribution in [2.45, 2.75) is 31.8 Å². The SMILES string of the molecule is CC(C)[C@](C#N)(C[C@@H]1COC(=O)O1)c1ccccc1. The van der Waals surface area contributed by atoms with Gasteiger partial charge in [0, 0.05) is 6.42 Å². The predicted octanol–water partition coefficient (Wildman–Crippen LogP) is 3.03. The van der Waals surface area contributed by atoms with Crippen LogP contribution in [-0.4, -0.2) is 18.9 Å². The number of rotatable bonds is 4. The summed E-state index contributed by atoms with van der Waals surface area (Å²) in [5.74, 6) is 0.110. The monoisotopic (exact) mass is 259 g/mol. The molecule has 4 nitrogen and oxygen atoms in total. The van der Waals surface area contributed by atoms with Crippen LogP contribution >= 0.6 is 0 Å². The molecule has 2 atom stereocenters. The van der Waals surface area contributed by atoms with E-state index in [4.69, 9.17) is 9.47 Å². The highest BCUT2D eigenvalue weighted by Crippen LogP contribution is 2.37. The minimum absolute atomic E-state index is 0.110. The van der Waals surface area contributed by atoms with Crippen LogP contribution < -0.4 is 0 Å². The Hall–Kier alpha value is -2.02. The van der Waals surface area contributed by atoms with Crippen molar-refractivity contribution in [2.75, 3.05) is 6.61 Å². The van der Waals surface area contributed by atoms with Gasteiger partial charge in [0.25, 0.3) is 0 Å². The molecule has 0 amide bonds. The Balaban J connectivity index is 2.30. The summed E-state index contributed by atoms with van der Waals surface area (Å²) in [7, 11) is 0. The van der Waals surface area contributed by atoms with Crippen LogP contribution in [-0.2, 0) is 14.9 Å².